The number of methoxy groups -OCH3 is 1. The Balaban J connectivity index is 2.03. The van der Waals surface area contributed by atoms with Gasteiger partial charge in [-0.15, -0.1) is 0 Å². The molecule has 2 heteroatoms. The third-order valence-electron chi connectivity index (χ3n) is 3.24. The Hall–Kier alpha value is -0.250. The Morgan fingerprint density at radius 3 is 2.20 bits per heavy atom. The maximum absolute atomic E-state index is 5.17. The summed E-state index contributed by atoms with van der Waals surface area (Å²) in [5.41, 5.74) is 1.49. The van der Waals surface area contributed by atoms with Crippen molar-refractivity contribution in [1.29, 1.82) is 0 Å². The molecule has 0 radical (unpaired) electrons. The Morgan fingerprint density at radius 1 is 1.07 bits per heavy atom. The lowest BCUT2D eigenvalue weighted by atomic mass is 9.84. The van der Waals surface area contributed by atoms with Crippen LogP contribution in [0.25, 0.3) is 0 Å². The van der Waals surface area contributed by atoms with Gasteiger partial charge in [0.15, 0.2) is 0 Å². The highest BCUT2D eigenvalue weighted by atomic mass is 127. The summed E-state index contributed by atoms with van der Waals surface area (Å²) in [6.07, 6.45) is 5.44. The molecule has 1 nitrogen and oxygen atoms in total. The van der Waals surface area contributed by atoms with Crippen LogP contribution in [0.3, 0.4) is 0 Å². The number of halogens is 1. The zero-order valence-corrected chi connectivity index (χ0v) is 11.2. The quantitative estimate of drug-likeness (QED) is 0.588. The van der Waals surface area contributed by atoms with Gasteiger partial charge >= 0.3 is 0 Å². The fourth-order valence-corrected chi connectivity index (χ4v) is 2.98. The first-order valence-corrected chi connectivity index (χ1v) is 6.82. The van der Waals surface area contributed by atoms with Gasteiger partial charge in [-0.05, 0) is 49.3 Å². The van der Waals surface area contributed by atoms with Crippen LogP contribution in [0.2, 0.25) is 0 Å². The molecule has 15 heavy (non-hydrogen) atoms. The van der Waals surface area contributed by atoms with Crippen molar-refractivity contribution in [2.75, 3.05) is 7.11 Å². The van der Waals surface area contributed by atoms with Crippen LogP contribution in [0, 0.1) is 0 Å². The van der Waals surface area contributed by atoms with Crippen LogP contribution >= 0.6 is 22.6 Å². The Kier molecular flexibility index (Phi) is 3.89. The molecule has 0 spiro atoms. The maximum Gasteiger partial charge on any atom is 0.118 e. The maximum atomic E-state index is 5.17. The molecule has 0 atom stereocenters. The second kappa shape index (κ2) is 5.19. The highest BCUT2D eigenvalue weighted by Crippen LogP contribution is 2.36. The lowest BCUT2D eigenvalue weighted by Crippen LogP contribution is -2.12. The predicted molar refractivity (Wildman–Crippen MR) is 72.0 cm³/mol. The third kappa shape index (κ3) is 2.86. The summed E-state index contributed by atoms with van der Waals surface area (Å²) < 4.78 is 6.07. The molecule has 0 amide bonds. The molecule has 1 aliphatic carbocycles. The van der Waals surface area contributed by atoms with Gasteiger partial charge in [-0.2, -0.15) is 0 Å². The molecule has 0 saturated heterocycles. The number of benzene rings is 1. The first kappa shape index (κ1) is 11.2. The average molecular weight is 316 g/mol. The molecule has 1 saturated carbocycles. The van der Waals surface area contributed by atoms with Crippen LogP contribution in [-0.4, -0.2) is 11.0 Å². The van der Waals surface area contributed by atoms with E-state index < -0.39 is 0 Å². The monoisotopic (exact) mass is 316 g/mol. The van der Waals surface area contributed by atoms with E-state index in [1.165, 1.54) is 31.2 Å². The van der Waals surface area contributed by atoms with Crippen molar-refractivity contribution in [2.24, 2.45) is 0 Å². The first-order valence-electron chi connectivity index (χ1n) is 5.57. The topological polar surface area (TPSA) is 9.23 Å². The number of ether oxygens (including phenoxy) is 1. The third-order valence-corrected chi connectivity index (χ3v) is 4.49. The van der Waals surface area contributed by atoms with Crippen LogP contribution < -0.4 is 4.74 Å². The van der Waals surface area contributed by atoms with Gasteiger partial charge in [0.05, 0.1) is 7.11 Å². The molecule has 0 heterocycles. The van der Waals surface area contributed by atoms with Crippen molar-refractivity contribution >= 4 is 22.6 Å². The summed E-state index contributed by atoms with van der Waals surface area (Å²) in [4.78, 5) is 0. The van der Waals surface area contributed by atoms with Gasteiger partial charge in [0.25, 0.3) is 0 Å². The van der Waals surface area contributed by atoms with Gasteiger partial charge in [-0.1, -0.05) is 34.7 Å². The van der Waals surface area contributed by atoms with E-state index in [1.54, 1.807) is 7.11 Å². The molecule has 0 aliphatic heterocycles. The van der Waals surface area contributed by atoms with E-state index >= 15 is 0 Å². The largest absolute Gasteiger partial charge is 0.497 e. The van der Waals surface area contributed by atoms with E-state index in [2.05, 4.69) is 46.9 Å². The zero-order chi connectivity index (χ0) is 10.7. The minimum Gasteiger partial charge on any atom is -0.497 e. The van der Waals surface area contributed by atoms with Gasteiger partial charge < -0.3 is 4.74 Å². The molecule has 1 aromatic carbocycles. The number of hydrogen-bond donors (Lipinski definition) is 0. The predicted octanol–water partition coefficient (Wildman–Crippen LogP) is 4.16. The second-order valence-corrected chi connectivity index (χ2v) is 5.98. The van der Waals surface area contributed by atoms with Crippen molar-refractivity contribution in [1.82, 2.24) is 0 Å². The highest BCUT2D eigenvalue weighted by molar-refractivity contribution is 14.1. The fourth-order valence-electron chi connectivity index (χ4n) is 2.26. The van der Waals surface area contributed by atoms with Crippen molar-refractivity contribution in [3.63, 3.8) is 0 Å². The van der Waals surface area contributed by atoms with Crippen molar-refractivity contribution < 1.29 is 4.74 Å². The SMILES string of the molecule is COc1ccc(C2CCC(I)CC2)cc1. The van der Waals surface area contributed by atoms with Crippen LogP contribution in [0.1, 0.15) is 37.2 Å². The van der Waals surface area contributed by atoms with Crippen LogP contribution in [0.5, 0.6) is 5.75 Å². The molecular formula is C13H17IO. The first-order chi connectivity index (χ1) is 7.29. The molecule has 0 unspecified atom stereocenters. The molecular weight excluding hydrogens is 299 g/mol. The molecule has 0 bridgehead atoms. The molecule has 0 N–H and O–H groups in total. The van der Waals surface area contributed by atoms with E-state index in [0.717, 1.165) is 15.6 Å². The summed E-state index contributed by atoms with van der Waals surface area (Å²) in [6, 6.07) is 8.59. The standard InChI is InChI=1S/C13H17IO/c1-15-13-8-4-11(5-9-13)10-2-6-12(14)7-3-10/h4-5,8-10,12H,2-3,6-7H2,1H3. The molecule has 0 aromatic heterocycles. The summed E-state index contributed by atoms with van der Waals surface area (Å²) in [7, 11) is 1.72. The van der Waals surface area contributed by atoms with Gasteiger partial charge in [0, 0.05) is 3.92 Å². The van der Waals surface area contributed by atoms with Crippen molar-refractivity contribution in [2.45, 2.75) is 35.5 Å². The van der Waals surface area contributed by atoms with Crippen molar-refractivity contribution in [3.8, 4) is 5.75 Å². The van der Waals surface area contributed by atoms with Gasteiger partial charge in [0.2, 0.25) is 0 Å². The Morgan fingerprint density at radius 2 is 1.67 bits per heavy atom. The lowest BCUT2D eigenvalue weighted by Gasteiger charge is -2.25. The van der Waals surface area contributed by atoms with Crippen LogP contribution in [0.4, 0.5) is 0 Å². The van der Waals surface area contributed by atoms with Gasteiger partial charge in [0.1, 0.15) is 5.75 Å². The van der Waals surface area contributed by atoms with Crippen molar-refractivity contribution in [3.05, 3.63) is 29.8 Å². The summed E-state index contributed by atoms with van der Waals surface area (Å²) in [5.74, 6) is 1.74. The van der Waals surface area contributed by atoms with E-state index in [0.29, 0.717) is 0 Å². The second-order valence-electron chi connectivity index (χ2n) is 4.22. The molecule has 2 rings (SSSR count). The lowest BCUT2D eigenvalue weighted by molar-refractivity contribution is 0.413. The van der Waals surface area contributed by atoms with Gasteiger partial charge in [-0.25, -0.2) is 0 Å². The highest BCUT2D eigenvalue weighted by Gasteiger charge is 2.20. The zero-order valence-electron chi connectivity index (χ0n) is 9.08. The smallest absolute Gasteiger partial charge is 0.118 e. The number of rotatable bonds is 2. The number of hydrogen-bond acceptors (Lipinski definition) is 1. The van der Waals surface area contributed by atoms with Crippen LogP contribution in [-0.2, 0) is 0 Å². The van der Waals surface area contributed by atoms with E-state index in [1.807, 2.05) is 0 Å². The number of alkyl halides is 1. The van der Waals surface area contributed by atoms with E-state index in [4.69, 9.17) is 4.74 Å². The van der Waals surface area contributed by atoms with Crippen LogP contribution in [0.15, 0.2) is 24.3 Å². The molecule has 1 fully saturated rings. The fraction of sp³-hybridized carbons (Fsp3) is 0.538. The summed E-state index contributed by atoms with van der Waals surface area (Å²) in [6.45, 7) is 0. The minimum absolute atomic E-state index is 0.780. The van der Waals surface area contributed by atoms with E-state index in [-0.39, 0.29) is 0 Å². The summed E-state index contributed by atoms with van der Waals surface area (Å²) >= 11 is 2.58. The van der Waals surface area contributed by atoms with Gasteiger partial charge in [-0.3, -0.25) is 0 Å². The molecule has 1 aromatic rings. The molecule has 82 valence electrons. The summed E-state index contributed by atoms with van der Waals surface area (Å²) in [5, 5.41) is 0. The minimum atomic E-state index is 0.780. The Labute approximate surface area is 105 Å². The Bertz CT molecular complexity index is 299. The molecule has 1 aliphatic rings. The average Bonchev–Trinajstić information content (AvgIpc) is 2.30. The van der Waals surface area contributed by atoms with E-state index in [9.17, 15) is 0 Å². The normalized spacial score (nSPS) is 26.3.